The number of rotatable bonds is 4. The van der Waals surface area contributed by atoms with Crippen LogP contribution in [0, 0.1) is 6.92 Å². The molecular weight excluding hydrogens is 483 g/mol. The number of hydrogen-bond acceptors (Lipinski definition) is 3. The van der Waals surface area contributed by atoms with E-state index < -0.39 is 7.53 Å². The molecule has 7 aromatic rings. The van der Waals surface area contributed by atoms with E-state index in [2.05, 4.69) is 104 Å². The molecule has 1 atom stereocenters. The van der Waals surface area contributed by atoms with Crippen molar-refractivity contribution < 1.29 is 0 Å². The molecule has 3 heterocycles. The molecule has 182 valence electrons. The summed E-state index contributed by atoms with van der Waals surface area (Å²) in [6, 6.07) is 38.1. The Morgan fingerprint density at radius 3 is 2.11 bits per heavy atom. The first-order valence-electron chi connectivity index (χ1n) is 12.7. The van der Waals surface area contributed by atoms with Gasteiger partial charge in [-0.3, -0.25) is 5.10 Å². The zero-order valence-corrected chi connectivity index (χ0v) is 22.1. The Morgan fingerprint density at radius 2 is 1.32 bits per heavy atom. The van der Waals surface area contributed by atoms with Crippen LogP contribution < -0.4 is 0 Å². The van der Waals surface area contributed by atoms with Gasteiger partial charge in [-0.2, -0.15) is 5.10 Å². The second kappa shape index (κ2) is 9.09. The molecule has 5 heteroatoms. The fourth-order valence-electron chi connectivity index (χ4n) is 5.44. The highest BCUT2D eigenvalue weighted by molar-refractivity contribution is 7.60. The number of aryl methyl sites for hydroxylation is 2. The van der Waals surface area contributed by atoms with E-state index in [1.54, 1.807) is 0 Å². The zero-order valence-electron chi connectivity index (χ0n) is 21.2. The van der Waals surface area contributed by atoms with Crippen molar-refractivity contribution in [2.24, 2.45) is 6.66 Å². The van der Waals surface area contributed by atoms with E-state index in [0.717, 1.165) is 50.9 Å². The van der Waals surface area contributed by atoms with Crippen LogP contribution >= 0.6 is 7.53 Å². The molecule has 0 aliphatic carbocycles. The summed E-state index contributed by atoms with van der Waals surface area (Å²) in [5, 5.41) is 13.3. The Kier molecular flexibility index (Phi) is 5.42. The van der Waals surface area contributed by atoms with Gasteiger partial charge >= 0.3 is 0 Å². The monoisotopic (exact) mass is 508 g/mol. The van der Waals surface area contributed by atoms with Gasteiger partial charge in [0.25, 0.3) is 0 Å². The molecule has 1 N–H and O–H groups in total. The van der Waals surface area contributed by atoms with Gasteiger partial charge in [-0.15, -0.1) is 7.53 Å². The standard InChI is InChI=1S/C33H25N4P/c1-21-30(23-14-7-4-8-15-23)31(37-36-21)28-20-27(22-12-5-3-6-13-22)34-33(35-28)26-18-11-17-25-24-16-9-10-19-29(24)38(2)32(25)26/h3-20H,1-2H3,(H,36,37). The third kappa shape index (κ3) is 3.65. The van der Waals surface area contributed by atoms with Gasteiger partial charge in [-0.05, 0) is 36.0 Å². The van der Waals surface area contributed by atoms with E-state index >= 15 is 0 Å². The first-order chi connectivity index (χ1) is 18.7. The van der Waals surface area contributed by atoms with Crippen LogP contribution in [0.25, 0.3) is 66.2 Å². The fourth-order valence-corrected chi connectivity index (χ4v) is 7.63. The van der Waals surface area contributed by atoms with Crippen molar-refractivity contribution in [2.75, 3.05) is 0 Å². The van der Waals surface area contributed by atoms with Gasteiger partial charge in [0.2, 0.25) is 0 Å². The Bertz CT molecular complexity index is 1940. The maximum atomic E-state index is 5.19. The van der Waals surface area contributed by atoms with Gasteiger partial charge in [0, 0.05) is 32.6 Å². The van der Waals surface area contributed by atoms with Crippen molar-refractivity contribution in [1.29, 1.82) is 0 Å². The third-order valence-electron chi connectivity index (χ3n) is 7.22. The van der Waals surface area contributed by atoms with Crippen LogP contribution in [0.5, 0.6) is 0 Å². The number of hydrogen-bond donors (Lipinski definition) is 1. The lowest BCUT2D eigenvalue weighted by Gasteiger charge is -2.11. The Balaban J connectivity index is 1.52. The number of H-pyrrole nitrogens is 1. The minimum absolute atomic E-state index is 0.509. The zero-order chi connectivity index (χ0) is 25.6. The topological polar surface area (TPSA) is 54.5 Å². The predicted octanol–water partition coefficient (Wildman–Crippen LogP) is 9.01. The number of benzene rings is 4. The van der Waals surface area contributed by atoms with Crippen LogP contribution in [0.4, 0.5) is 0 Å². The van der Waals surface area contributed by atoms with Crippen molar-refractivity contribution in [3.05, 3.63) is 115 Å². The molecule has 1 unspecified atom stereocenters. The molecule has 0 fully saturated rings. The Hall–Kier alpha value is -4.53. The largest absolute Gasteiger partial charge is 0.282 e. The lowest BCUT2D eigenvalue weighted by molar-refractivity contribution is 1.04. The van der Waals surface area contributed by atoms with Crippen LogP contribution in [0.2, 0.25) is 0 Å². The number of nitrogens with one attached hydrogen (secondary N) is 1. The third-order valence-corrected chi connectivity index (χ3v) is 9.48. The first-order valence-corrected chi connectivity index (χ1v) is 14.5. The van der Waals surface area contributed by atoms with Crippen molar-refractivity contribution in [3.8, 4) is 45.2 Å². The van der Waals surface area contributed by atoms with Crippen molar-refractivity contribution in [3.63, 3.8) is 0 Å². The summed E-state index contributed by atoms with van der Waals surface area (Å²) >= 11 is 0. The fraction of sp³-hybridized carbons (Fsp3) is 0.0606. The smallest absolute Gasteiger partial charge is 0.161 e. The first kappa shape index (κ1) is 22.7. The minimum atomic E-state index is -0.509. The summed E-state index contributed by atoms with van der Waals surface area (Å²) in [6.07, 6.45) is 0. The van der Waals surface area contributed by atoms with E-state index in [-0.39, 0.29) is 0 Å². The summed E-state index contributed by atoms with van der Waals surface area (Å²) in [5.74, 6) is 0.736. The van der Waals surface area contributed by atoms with Gasteiger partial charge < -0.3 is 0 Å². The molecule has 0 amide bonds. The molecule has 0 aliphatic rings. The normalized spacial score (nSPS) is 11.9. The van der Waals surface area contributed by atoms with Crippen LogP contribution in [0.1, 0.15) is 5.69 Å². The van der Waals surface area contributed by atoms with Crippen LogP contribution in [-0.4, -0.2) is 20.2 Å². The van der Waals surface area contributed by atoms with Gasteiger partial charge in [0.1, 0.15) is 5.69 Å². The molecule has 0 bridgehead atoms. The van der Waals surface area contributed by atoms with Crippen molar-refractivity contribution >= 4 is 28.5 Å². The minimum Gasteiger partial charge on any atom is -0.282 e. The lowest BCUT2D eigenvalue weighted by Crippen LogP contribution is -1.97. The highest BCUT2D eigenvalue weighted by Crippen LogP contribution is 2.50. The molecule has 0 radical (unpaired) electrons. The van der Waals surface area contributed by atoms with Crippen LogP contribution in [0.15, 0.2) is 109 Å². The molecule has 0 spiro atoms. The van der Waals surface area contributed by atoms with Gasteiger partial charge in [-0.1, -0.05) is 103 Å². The van der Waals surface area contributed by atoms with E-state index in [4.69, 9.17) is 15.1 Å². The summed E-state index contributed by atoms with van der Waals surface area (Å²) in [4.78, 5) is 10.3. The predicted molar refractivity (Wildman–Crippen MR) is 159 cm³/mol. The van der Waals surface area contributed by atoms with Gasteiger partial charge in [0.05, 0.1) is 11.4 Å². The SMILES string of the molecule is Cc1[nH]nc(-c2cc(-c3ccccc3)nc(-c3cccc4c5ccccc5p(C)c34)n2)c1-c1ccccc1. The molecule has 38 heavy (non-hydrogen) atoms. The number of aromatic nitrogens is 4. The number of fused-ring (bicyclic) bond motifs is 3. The van der Waals surface area contributed by atoms with E-state index in [1.807, 2.05) is 24.3 Å². The van der Waals surface area contributed by atoms with Crippen LogP contribution in [0.3, 0.4) is 0 Å². The summed E-state index contributed by atoms with van der Waals surface area (Å²) in [7, 11) is -0.509. The summed E-state index contributed by atoms with van der Waals surface area (Å²) in [5.41, 5.74) is 7.88. The highest BCUT2D eigenvalue weighted by Gasteiger charge is 2.20. The second-order valence-electron chi connectivity index (χ2n) is 9.54. The molecule has 4 nitrogen and oxygen atoms in total. The van der Waals surface area contributed by atoms with Gasteiger partial charge in [0.15, 0.2) is 5.82 Å². The van der Waals surface area contributed by atoms with E-state index in [0.29, 0.717) is 0 Å². The van der Waals surface area contributed by atoms with E-state index in [1.165, 1.54) is 21.0 Å². The number of aromatic amines is 1. The summed E-state index contributed by atoms with van der Waals surface area (Å²) in [6.45, 7) is 4.40. The Labute approximate surface area is 222 Å². The van der Waals surface area contributed by atoms with Gasteiger partial charge in [-0.25, -0.2) is 9.97 Å². The molecule has 0 aliphatic heterocycles. The second-order valence-corrected chi connectivity index (χ2v) is 11.6. The Morgan fingerprint density at radius 1 is 0.658 bits per heavy atom. The molecule has 0 saturated carbocycles. The van der Waals surface area contributed by atoms with Crippen LogP contribution in [-0.2, 0) is 6.66 Å². The maximum absolute atomic E-state index is 5.19. The molecular formula is C33H25N4P. The molecule has 3 aromatic heterocycles. The highest BCUT2D eigenvalue weighted by atomic mass is 31.1. The maximum Gasteiger partial charge on any atom is 0.161 e. The molecule has 0 saturated heterocycles. The van der Waals surface area contributed by atoms with E-state index in [9.17, 15) is 0 Å². The summed E-state index contributed by atoms with van der Waals surface area (Å²) < 4.78 is 0. The average Bonchev–Trinajstić information content (AvgIpc) is 3.51. The van der Waals surface area contributed by atoms with Crippen molar-refractivity contribution in [2.45, 2.75) is 6.92 Å². The van der Waals surface area contributed by atoms with Crippen molar-refractivity contribution in [1.82, 2.24) is 20.2 Å². The molecule has 7 rings (SSSR count). The number of nitrogens with zero attached hydrogens (tertiary/aromatic N) is 3. The molecule has 4 aromatic carbocycles. The average molecular weight is 509 g/mol. The quantitative estimate of drug-likeness (QED) is 0.258. The lowest BCUT2D eigenvalue weighted by atomic mass is 10.0.